The number of nitrogens with zero attached hydrogens (tertiary/aromatic N) is 4. The maximum atomic E-state index is 12.6. The molecule has 168 valence electrons. The molecular weight excluding hydrogens is 406 g/mol. The first-order valence-electron chi connectivity index (χ1n) is 11.3. The summed E-state index contributed by atoms with van der Waals surface area (Å²) < 4.78 is 5.43. The molecule has 0 radical (unpaired) electrons. The number of carbonyl (C=O) groups is 1. The lowest BCUT2D eigenvalue weighted by Gasteiger charge is -2.34. The molecule has 2 aliphatic rings. The summed E-state index contributed by atoms with van der Waals surface area (Å²) >= 11 is 0. The van der Waals surface area contributed by atoms with Crippen LogP contribution in [0.1, 0.15) is 12.8 Å². The zero-order chi connectivity index (χ0) is 21.8. The van der Waals surface area contributed by atoms with Crippen LogP contribution in [-0.4, -0.2) is 72.8 Å². The number of anilines is 3. The minimum atomic E-state index is 0.00287. The van der Waals surface area contributed by atoms with Crippen molar-refractivity contribution in [3.05, 3.63) is 42.9 Å². The summed E-state index contributed by atoms with van der Waals surface area (Å²) in [7, 11) is 0. The predicted molar refractivity (Wildman–Crippen MR) is 125 cm³/mol. The molecule has 9 nitrogen and oxygen atoms in total. The van der Waals surface area contributed by atoms with Crippen LogP contribution in [0.15, 0.2) is 42.9 Å². The van der Waals surface area contributed by atoms with Gasteiger partial charge < -0.3 is 30.2 Å². The maximum Gasteiger partial charge on any atom is 0.239 e. The summed E-state index contributed by atoms with van der Waals surface area (Å²) in [5.41, 5.74) is 2.94. The monoisotopic (exact) mass is 435 g/mol. The van der Waals surface area contributed by atoms with Crippen LogP contribution in [0.25, 0.3) is 11.0 Å². The Morgan fingerprint density at radius 2 is 2.06 bits per heavy atom. The summed E-state index contributed by atoms with van der Waals surface area (Å²) in [5.74, 6) is 0.927. The van der Waals surface area contributed by atoms with Gasteiger partial charge in [0.05, 0.1) is 25.1 Å². The summed E-state index contributed by atoms with van der Waals surface area (Å²) in [4.78, 5) is 29.1. The lowest BCUT2D eigenvalue weighted by atomic mass is 10.1. The predicted octanol–water partition coefficient (Wildman–Crippen LogP) is 1.99. The molecule has 3 aromatic rings. The number of ether oxygens (including phenoxy) is 1. The Balaban J connectivity index is 1.15. The molecule has 2 aromatic heterocycles. The second kappa shape index (κ2) is 9.44. The van der Waals surface area contributed by atoms with Gasteiger partial charge in [0, 0.05) is 49.8 Å². The molecule has 5 rings (SSSR count). The number of amides is 1. The molecule has 0 bridgehead atoms. The van der Waals surface area contributed by atoms with Crippen molar-refractivity contribution < 1.29 is 9.53 Å². The summed E-state index contributed by atoms with van der Waals surface area (Å²) in [6.45, 7) is 5.21. The zero-order valence-electron chi connectivity index (χ0n) is 18.1. The number of aromatic amines is 1. The number of nitrogens with one attached hydrogen (secondary N) is 3. The molecule has 3 N–H and O–H groups in total. The standard InChI is InChI=1S/C23H29N7O2/c31-21(14-25-17-3-1-5-19(13-17)29-9-11-32-12-10-29)28-18-4-2-8-30(15-18)23-20-6-7-24-22(20)26-16-27-23/h1,3,5-7,13,16,18,25H,2,4,8-12,14-15H2,(H,28,31)(H,24,26,27). The van der Waals surface area contributed by atoms with E-state index < -0.39 is 0 Å². The number of fused-ring (bicyclic) bond motifs is 1. The van der Waals surface area contributed by atoms with E-state index in [9.17, 15) is 4.79 Å². The van der Waals surface area contributed by atoms with E-state index in [-0.39, 0.29) is 18.5 Å². The van der Waals surface area contributed by atoms with Crippen LogP contribution < -0.4 is 20.4 Å². The van der Waals surface area contributed by atoms with Crippen molar-refractivity contribution in [3.8, 4) is 0 Å². The third-order valence-electron chi connectivity index (χ3n) is 6.09. The van der Waals surface area contributed by atoms with Gasteiger partial charge in [0.2, 0.25) is 5.91 Å². The molecule has 4 heterocycles. The van der Waals surface area contributed by atoms with Crippen molar-refractivity contribution in [3.63, 3.8) is 0 Å². The Morgan fingerprint density at radius 1 is 1.16 bits per heavy atom. The molecule has 1 amide bonds. The largest absolute Gasteiger partial charge is 0.378 e. The number of benzene rings is 1. The van der Waals surface area contributed by atoms with Crippen LogP contribution in [0, 0.1) is 0 Å². The Labute approximate surface area is 187 Å². The minimum Gasteiger partial charge on any atom is -0.378 e. The molecule has 9 heteroatoms. The van der Waals surface area contributed by atoms with Gasteiger partial charge in [0.25, 0.3) is 0 Å². The average Bonchev–Trinajstić information content (AvgIpc) is 3.33. The molecule has 1 atom stereocenters. The normalized spacial score (nSPS) is 19.2. The Morgan fingerprint density at radius 3 is 2.97 bits per heavy atom. The third-order valence-corrected chi connectivity index (χ3v) is 6.09. The lowest BCUT2D eigenvalue weighted by molar-refractivity contribution is -0.120. The average molecular weight is 436 g/mol. The second-order valence-corrected chi connectivity index (χ2v) is 8.29. The van der Waals surface area contributed by atoms with Crippen LogP contribution >= 0.6 is 0 Å². The van der Waals surface area contributed by atoms with E-state index in [1.54, 1.807) is 6.33 Å². The molecule has 0 aliphatic carbocycles. The fourth-order valence-corrected chi connectivity index (χ4v) is 4.49. The van der Waals surface area contributed by atoms with Gasteiger partial charge in [-0.1, -0.05) is 6.07 Å². The van der Waals surface area contributed by atoms with Crippen molar-refractivity contribution in [2.45, 2.75) is 18.9 Å². The van der Waals surface area contributed by atoms with E-state index in [2.05, 4.69) is 47.5 Å². The molecule has 2 aliphatic heterocycles. The number of carbonyl (C=O) groups excluding carboxylic acids is 1. The van der Waals surface area contributed by atoms with Gasteiger partial charge in [-0.25, -0.2) is 9.97 Å². The summed E-state index contributed by atoms with van der Waals surface area (Å²) in [5, 5.41) is 7.47. The van der Waals surface area contributed by atoms with Crippen LogP contribution in [-0.2, 0) is 9.53 Å². The van der Waals surface area contributed by atoms with E-state index >= 15 is 0 Å². The fraction of sp³-hybridized carbons (Fsp3) is 0.435. The molecule has 1 aromatic carbocycles. The van der Waals surface area contributed by atoms with Gasteiger partial charge in [-0.3, -0.25) is 4.79 Å². The first-order chi connectivity index (χ1) is 15.8. The van der Waals surface area contributed by atoms with Crippen molar-refractivity contribution in [1.29, 1.82) is 0 Å². The molecule has 2 saturated heterocycles. The quantitative estimate of drug-likeness (QED) is 0.545. The summed E-state index contributed by atoms with van der Waals surface area (Å²) in [6.07, 6.45) is 5.45. The topological polar surface area (TPSA) is 98.4 Å². The highest BCUT2D eigenvalue weighted by atomic mass is 16.5. The number of piperidine rings is 1. The molecular formula is C23H29N7O2. The summed E-state index contributed by atoms with van der Waals surface area (Å²) in [6, 6.07) is 10.3. The van der Waals surface area contributed by atoms with Crippen LogP contribution in [0.5, 0.6) is 0 Å². The Bertz CT molecular complexity index is 1060. The number of aromatic nitrogens is 3. The van der Waals surface area contributed by atoms with Crippen molar-refractivity contribution in [2.75, 3.05) is 61.1 Å². The highest BCUT2D eigenvalue weighted by molar-refractivity contribution is 5.87. The van der Waals surface area contributed by atoms with Gasteiger partial charge in [-0.2, -0.15) is 0 Å². The number of morpholine rings is 1. The minimum absolute atomic E-state index is 0.00287. The van der Waals surface area contributed by atoms with Crippen LogP contribution in [0.4, 0.5) is 17.2 Å². The van der Waals surface area contributed by atoms with Gasteiger partial charge in [-0.05, 0) is 37.1 Å². The molecule has 32 heavy (non-hydrogen) atoms. The van der Waals surface area contributed by atoms with Gasteiger partial charge >= 0.3 is 0 Å². The van der Waals surface area contributed by atoms with E-state index in [1.807, 2.05) is 24.4 Å². The molecule has 0 saturated carbocycles. The van der Waals surface area contributed by atoms with Crippen molar-refractivity contribution in [1.82, 2.24) is 20.3 Å². The number of rotatable bonds is 6. The first kappa shape index (κ1) is 20.6. The van der Waals surface area contributed by atoms with E-state index in [0.29, 0.717) is 0 Å². The van der Waals surface area contributed by atoms with E-state index in [0.717, 1.165) is 80.5 Å². The SMILES string of the molecule is O=C(CNc1cccc(N2CCOCC2)c1)NC1CCCN(c2ncnc3[nH]ccc23)C1. The highest BCUT2D eigenvalue weighted by Crippen LogP contribution is 2.25. The van der Waals surface area contributed by atoms with Crippen molar-refractivity contribution in [2.24, 2.45) is 0 Å². The second-order valence-electron chi connectivity index (χ2n) is 8.29. The maximum absolute atomic E-state index is 12.6. The van der Waals surface area contributed by atoms with Gasteiger partial charge in [0.15, 0.2) is 0 Å². The smallest absolute Gasteiger partial charge is 0.239 e. The fourth-order valence-electron chi connectivity index (χ4n) is 4.49. The highest BCUT2D eigenvalue weighted by Gasteiger charge is 2.24. The number of H-pyrrole nitrogens is 1. The number of hydrogen-bond acceptors (Lipinski definition) is 7. The molecule has 2 fully saturated rings. The van der Waals surface area contributed by atoms with Crippen molar-refractivity contribution >= 4 is 34.1 Å². The zero-order valence-corrected chi connectivity index (χ0v) is 18.1. The molecule has 1 unspecified atom stereocenters. The van der Waals surface area contributed by atoms with E-state index in [1.165, 1.54) is 0 Å². The Kier molecular flexibility index (Phi) is 6.06. The molecule has 0 spiro atoms. The van der Waals surface area contributed by atoms with Gasteiger partial charge in [-0.15, -0.1) is 0 Å². The first-order valence-corrected chi connectivity index (χ1v) is 11.3. The van der Waals surface area contributed by atoms with Crippen LogP contribution in [0.2, 0.25) is 0 Å². The third kappa shape index (κ3) is 4.62. The van der Waals surface area contributed by atoms with E-state index in [4.69, 9.17) is 4.74 Å². The van der Waals surface area contributed by atoms with Gasteiger partial charge in [0.1, 0.15) is 17.8 Å². The Hall–Kier alpha value is -3.33. The van der Waals surface area contributed by atoms with Crippen LogP contribution in [0.3, 0.4) is 0 Å². The number of hydrogen-bond donors (Lipinski definition) is 3. The lowest BCUT2D eigenvalue weighted by Crippen LogP contribution is -2.49.